The van der Waals surface area contributed by atoms with Crippen LogP contribution in [0.1, 0.15) is 66.9 Å². The molecule has 1 aliphatic carbocycles. The summed E-state index contributed by atoms with van der Waals surface area (Å²) in [5, 5.41) is 0. The second kappa shape index (κ2) is 6.82. The van der Waals surface area contributed by atoms with Crippen molar-refractivity contribution in [3.05, 3.63) is 29.8 Å². The molecule has 2 aliphatic rings. The normalized spacial score (nSPS) is 21.2. The summed E-state index contributed by atoms with van der Waals surface area (Å²) in [6, 6.07) is 8.43. The highest BCUT2D eigenvalue weighted by Gasteiger charge is 2.51. The van der Waals surface area contributed by atoms with Crippen LogP contribution in [0.4, 0.5) is 4.79 Å². The fourth-order valence-electron chi connectivity index (χ4n) is 3.01. The first-order chi connectivity index (χ1) is 12.4. The standard InChI is InChI=1S/C21H32BNO4/c1-19(2,3)25-18(24)23(17-12-13-17)14-15-8-10-16(11-9-15)22-26-20(4,5)21(6,7)27-22/h8-11,17H,12-14H2,1-7H3. The summed E-state index contributed by atoms with van der Waals surface area (Å²) >= 11 is 0. The van der Waals surface area contributed by atoms with Crippen molar-refractivity contribution in [2.45, 2.75) is 90.7 Å². The lowest BCUT2D eigenvalue weighted by molar-refractivity contribution is 0.00578. The fraction of sp³-hybridized carbons (Fsp3) is 0.667. The zero-order valence-electron chi connectivity index (χ0n) is 17.7. The molecule has 1 aliphatic heterocycles. The molecule has 1 aromatic rings. The van der Waals surface area contributed by atoms with Crippen LogP contribution < -0.4 is 5.46 Å². The van der Waals surface area contributed by atoms with Crippen LogP contribution in [0.2, 0.25) is 0 Å². The van der Waals surface area contributed by atoms with Crippen LogP contribution in [-0.4, -0.2) is 41.0 Å². The highest BCUT2D eigenvalue weighted by Crippen LogP contribution is 2.36. The maximum Gasteiger partial charge on any atom is 0.494 e. The monoisotopic (exact) mass is 373 g/mol. The van der Waals surface area contributed by atoms with Crippen molar-refractivity contribution in [2.75, 3.05) is 0 Å². The molecule has 1 saturated heterocycles. The molecular formula is C21H32BNO4. The topological polar surface area (TPSA) is 48.0 Å². The lowest BCUT2D eigenvalue weighted by atomic mass is 9.79. The molecule has 0 aromatic heterocycles. The molecule has 0 bridgehead atoms. The summed E-state index contributed by atoms with van der Waals surface area (Å²) in [5.41, 5.74) is 0.886. The van der Waals surface area contributed by atoms with Crippen LogP contribution in [0.15, 0.2) is 24.3 Å². The summed E-state index contributed by atoms with van der Waals surface area (Å²) in [5.74, 6) is 0. The quantitative estimate of drug-likeness (QED) is 0.752. The first-order valence-electron chi connectivity index (χ1n) is 9.82. The van der Waals surface area contributed by atoms with E-state index in [9.17, 15) is 4.79 Å². The Bertz CT molecular complexity index is 673. The summed E-state index contributed by atoms with van der Waals surface area (Å²) in [7, 11) is -0.366. The minimum atomic E-state index is -0.481. The number of ether oxygens (including phenoxy) is 1. The molecule has 6 heteroatoms. The molecule has 1 aromatic carbocycles. The number of hydrogen-bond donors (Lipinski definition) is 0. The number of rotatable bonds is 4. The van der Waals surface area contributed by atoms with E-state index in [1.54, 1.807) is 0 Å². The smallest absolute Gasteiger partial charge is 0.444 e. The molecule has 0 N–H and O–H groups in total. The van der Waals surface area contributed by atoms with Crippen molar-refractivity contribution in [2.24, 2.45) is 0 Å². The summed E-state index contributed by atoms with van der Waals surface area (Å²) in [6.45, 7) is 14.5. The van der Waals surface area contributed by atoms with Gasteiger partial charge in [0.25, 0.3) is 0 Å². The van der Waals surface area contributed by atoms with Gasteiger partial charge in [-0.3, -0.25) is 0 Å². The molecule has 148 valence electrons. The Balaban J connectivity index is 1.67. The molecule has 5 nitrogen and oxygen atoms in total. The summed E-state index contributed by atoms with van der Waals surface area (Å²) in [6.07, 6.45) is 1.86. The van der Waals surface area contributed by atoms with Gasteiger partial charge < -0.3 is 18.9 Å². The van der Waals surface area contributed by atoms with E-state index >= 15 is 0 Å². The number of carbonyl (C=O) groups is 1. The third-order valence-corrected chi connectivity index (χ3v) is 5.47. The van der Waals surface area contributed by atoms with E-state index in [1.807, 2.05) is 49.9 Å². The molecule has 2 fully saturated rings. The Morgan fingerprint density at radius 3 is 2.07 bits per heavy atom. The van der Waals surface area contributed by atoms with Gasteiger partial charge in [-0.2, -0.15) is 0 Å². The third kappa shape index (κ3) is 4.67. The Kier molecular flexibility index (Phi) is 5.11. The lowest BCUT2D eigenvalue weighted by Crippen LogP contribution is -2.41. The Hall–Kier alpha value is -1.53. The fourth-order valence-corrected chi connectivity index (χ4v) is 3.01. The molecule has 0 atom stereocenters. The second-order valence-corrected chi connectivity index (χ2v) is 9.67. The van der Waals surface area contributed by atoms with Crippen molar-refractivity contribution in [1.29, 1.82) is 0 Å². The lowest BCUT2D eigenvalue weighted by Gasteiger charge is -2.32. The van der Waals surface area contributed by atoms with Gasteiger partial charge >= 0.3 is 13.2 Å². The van der Waals surface area contributed by atoms with Crippen molar-refractivity contribution in [3.63, 3.8) is 0 Å². The van der Waals surface area contributed by atoms with E-state index in [0.29, 0.717) is 12.6 Å². The van der Waals surface area contributed by atoms with Crippen molar-refractivity contribution < 1.29 is 18.8 Å². The van der Waals surface area contributed by atoms with Crippen LogP contribution in [0.5, 0.6) is 0 Å². The van der Waals surface area contributed by atoms with Gasteiger partial charge in [-0.15, -0.1) is 0 Å². The Labute approximate surface area is 163 Å². The minimum Gasteiger partial charge on any atom is -0.444 e. The average Bonchev–Trinajstić information content (AvgIpc) is 3.31. The molecular weight excluding hydrogens is 341 g/mol. The molecule has 1 saturated carbocycles. The number of nitrogens with zero attached hydrogens (tertiary/aromatic N) is 1. The average molecular weight is 373 g/mol. The molecule has 27 heavy (non-hydrogen) atoms. The first-order valence-corrected chi connectivity index (χ1v) is 9.82. The van der Waals surface area contributed by atoms with Crippen molar-refractivity contribution in [1.82, 2.24) is 4.90 Å². The number of carbonyl (C=O) groups excluding carboxylic acids is 1. The predicted molar refractivity (Wildman–Crippen MR) is 107 cm³/mol. The molecule has 0 spiro atoms. The van der Waals surface area contributed by atoms with Crippen LogP contribution in [0, 0.1) is 0 Å². The van der Waals surface area contributed by atoms with Gasteiger partial charge in [0.15, 0.2) is 0 Å². The van der Waals surface area contributed by atoms with Crippen LogP contribution in [0.25, 0.3) is 0 Å². The van der Waals surface area contributed by atoms with E-state index in [-0.39, 0.29) is 24.4 Å². The molecule has 1 heterocycles. The molecule has 0 radical (unpaired) electrons. The van der Waals surface area contributed by atoms with Gasteiger partial charge in [0.2, 0.25) is 0 Å². The van der Waals surface area contributed by atoms with Crippen LogP contribution >= 0.6 is 0 Å². The SMILES string of the molecule is CC(C)(C)OC(=O)N(Cc1ccc(B2OC(C)(C)C(C)(C)O2)cc1)C1CC1. The number of benzene rings is 1. The minimum absolute atomic E-state index is 0.236. The molecule has 1 amide bonds. The maximum atomic E-state index is 12.5. The third-order valence-electron chi connectivity index (χ3n) is 5.47. The van der Waals surface area contributed by atoms with Gasteiger partial charge in [-0.25, -0.2) is 4.79 Å². The van der Waals surface area contributed by atoms with Crippen molar-refractivity contribution >= 4 is 18.7 Å². The van der Waals surface area contributed by atoms with E-state index in [4.69, 9.17) is 14.0 Å². The van der Waals surface area contributed by atoms with Gasteiger partial charge in [0.1, 0.15) is 5.60 Å². The highest BCUT2D eigenvalue weighted by molar-refractivity contribution is 6.62. The maximum absolute atomic E-state index is 12.5. The van der Waals surface area contributed by atoms with Gasteiger partial charge in [-0.05, 0) is 72.3 Å². The predicted octanol–water partition coefficient (Wildman–Crippen LogP) is 3.89. The number of amides is 1. The van der Waals surface area contributed by atoms with E-state index in [2.05, 4.69) is 27.7 Å². The Morgan fingerprint density at radius 2 is 1.63 bits per heavy atom. The molecule has 0 unspecified atom stereocenters. The highest BCUT2D eigenvalue weighted by atomic mass is 16.7. The second-order valence-electron chi connectivity index (χ2n) is 9.67. The zero-order valence-corrected chi connectivity index (χ0v) is 17.7. The zero-order chi connectivity index (χ0) is 20.0. The number of hydrogen-bond acceptors (Lipinski definition) is 4. The van der Waals surface area contributed by atoms with Crippen molar-refractivity contribution in [3.8, 4) is 0 Å². The van der Waals surface area contributed by atoms with Gasteiger partial charge in [-0.1, -0.05) is 24.3 Å². The summed E-state index contributed by atoms with van der Waals surface area (Å²) < 4.78 is 17.8. The molecule has 3 rings (SSSR count). The van der Waals surface area contributed by atoms with E-state index in [1.165, 1.54) is 0 Å². The van der Waals surface area contributed by atoms with Gasteiger partial charge in [0.05, 0.1) is 11.2 Å². The Morgan fingerprint density at radius 1 is 1.11 bits per heavy atom. The van der Waals surface area contributed by atoms with E-state index < -0.39 is 5.60 Å². The largest absolute Gasteiger partial charge is 0.494 e. The summed E-state index contributed by atoms with van der Waals surface area (Å²) in [4.78, 5) is 14.4. The van der Waals surface area contributed by atoms with E-state index in [0.717, 1.165) is 23.9 Å². The first kappa shape index (κ1) is 20.2. The van der Waals surface area contributed by atoms with Gasteiger partial charge in [0, 0.05) is 12.6 Å². The van der Waals surface area contributed by atoms with Crippen LogP contribution in [-0.2, 0) is 20.6 Å². The van der Waals surface area contributed by atoms with Crippen LogP contribution in [0.3, 0.4) is 0 Å².